The zero-order valence-corrected chi connectivity index (χ0v) is 11.7. The molecule has 5 nitrogen and oxygen atoms in total. The van der Waals surface area contributed by atoms with Crippen LogP contribution < -0.4 is 15.4 Å². The molecule has 0 radical (unpaired) electrons. The molecule has 1 aliphatic rings. The molecule has 3 rings (SSSR count). The van der Waals surface area contributed by atoms with E-state index < -0.39 is 0 Å². The maximum absolute atomic E-state index is 5.60. The highest BCUT2D eigenvalue weighted by Crippen LogP contribution is 2.23. The van der Waals surface area contributed by atoms with E-state index in [4.69, 9.17) is 4.74 Å². The van der Waals surface area contributed by atoms with E-state index in [1.807, 2.05) is 31.2 Å². The summed E-state index contributed by atoms with van der Waals surface area (Å²) in [4.78, 5) is 9.17. The van der Waals surface area contributed by atoms with Crippen molar-refractivity contribution in [3.05, 3.63) is 24.3 Å². The van der Waals surface area contributed by atoms with E-state index in [1.54, 1.807) is 0 Å². The number of hydrogen-bond donors (Lipinski definition) is 2. The lowest BCUT2D eigenvalue weighted by atomic mass is 10.2. The lowest BCUT2D eigenvalue weighted by Crippen LogP contribution is -2.29. The number of rotatable bonds is 5. The fourth-order valence-corrected chi connectivity index (χ4v) is 2.49. The minimum absolute atomic E-state index is 0.512. The fraction of sp³-hybridized carbons (Fsp3) is 0.467. The molecule has 0 bridgehead atoms. The average Bonchev–Trinajstić information content (AvgIpc) is 2.98. The van der Waals surface area contributed by atoms with Gasteiger partial charge < -0.3 is 15.4 Å². The van der Waals surface area contributed by atoms with Gasteiger partial charge in [-0.2, -0.15) is 0 Å². The molecule has 5 heteroatoms. The lowest BCUT2D eigenvalue weighted by Gasteiger charge is -2.14. The van der Waals surface area contributed by atoms with E-state index in [1.165, 1.54) is 12.8 Å². The van der Waals surface area contributed by atoms with Gasteiger partial charge >= 0.3 is 0 Å². The second-order valence-corrected chi connectivity index (χ2v) is 4.97. The molecule has 2 heterocycles. The van der Waals surface area contributed by atoms with Crippen molar-refractivity contribution in [2.75, 3.05) is 25.0 Å². The summed E-state index contributed by atoms with van der Waals surface area (Å²) in [6, 6.07) is 8.37. The van der Waals surface area contributed by atoms with Crippen molar-refractivity contribution in [1.82, 2.24) is 15.3 Å². The average molecular weight is 272 g/mol. The summed E-state index contributed by atoms with van der Waals surface area (Å²) in [5, 5.41) is 6.84. The Morgan fingerprint density at radius 3 is 2.80 bits per heavy atom. The van der Waals surface area contributed by atoms with Crippen LogP contribution in [0, 0.1) is 0 Å². The van der Waals surface area contributed by atoms with E-state index in [-0.39, 0.29) is 0 Å². The van der Waals surface area contributed by atoms with Crippen LogP contribution in [0.1, 0.15) is 19.8 Å². The first-order valence-corrected chi connectivity index (χ1v) is 7.23. The van der Waals surface area contributed by atoms with Crippen molar-refractivity contribution >= 4 is 16.9 Å². The van der Waals surface area contributed by atoms with Gasteiger partial charge in [-0.05, 0) is 38.4 Å². The van der Waals surface area contributed by atoms with Gasteiger partial charge in [0.2, 0.25) is 0 Å². The van der Waals surface area contributed by atoms with Crippen LogP contribution in [0.3, 0.4) is 0 Å². The van der Waals surface area contributed by atoms with Gasteiger partial charge in [-0.25, -0.2) is 9.97 Å². The molecule has 2 N–H and O–H groups in total. The van der Waals surface area contributed by atoms with Gasteiger partial charge in [0.1, 0.15) is 0 Å². The minimum Gasteiger partial charge on any atom is -0.475 e. The zero-order valence-electron chi connectivity index (χ0n) is 11.7. The van der Waals surface area contributed by atoms with Gasteiger partial charge in [0.15, 0.2) is 5.82 Å². The number of nitrogens with zero attached hydrogens (tertiary/aromatic N) is 2. The van der Waals surface area contributed by atoms with E-state index in [0.29, 0.717) is 18.5 Å². The first-order chi connectivity index (χ1) is 9.86. The molecular formula is C15H20N4O. The minimum atomic E-state index is 0.512. The highest BCUT2D eigenvalue weighted by molar-refractivity contribution is 5.77. The summed E-state index contributed by atoms with van der Waals surface area (Å²) in [6.45, 7) is 4.50. The van der Waals surface area contributed by atoms with Crippen molar-refractivity contribution in [3.63, 3.8) is 0 Å². The summed E-state index contributed by atoms with van der Waals surface area (Å²) in [7, 11) is 0. The summed E-state index contributed by atoms with van der Waals surface area (Å²) in [5.74, 6) is 1.32. The Hall–Kier alpha value is -1.88. The van der Waals surface area contributed by atoms with E-state index in [2.05, 4.69) is 20.6 Å². The van der Waals surface area contributed by atoms with Gasteiger partial charge in [0.05, 0.1) is 17.6 Å². The largest absolute Gasteiger partial charge is 0.475 e. The maximum Gasteiger partial charge on any atom is 0.258 e. The van der Waals surface area contributed by atoms with Crippen molar-refractivity contribution in [1.29, 1.82) is 0 Å². The molecule has 0 saturated carbocycles. The predicted octanol–water partition coefficient (Wildman–Crippen LogP) is 2.19. The summed E-state index contributed by atoms with van der Waals surface area (Å²) < 4.78 is 5.60. The molecule has 2 aromatic rings. The van der Waals surface area contributed by atoms with Crippen LogP contribution in [-0.2, 0) is 0 Å². The Morgan fingerprint density at radius 1 is 1.30 bits per heavy atom. The number of benzene rings is 1. The maximum atomic E-state index is 5.60. The monoisotopic (exact) mass is 272 g/mol. The van der Waals surface area contributed by atoms with Crippen LogP contribution in [0.5, 0.6) is 5.88 Å². The van der Waals surface area contributed by atoms with Gasteiger partial charge in [-0.3, -0.25) is 0 Å². The number of hydrogen-bond acceptors (Lipinski definition) is 5. The predicted molar refractivity (Wildman–Crippen MR) is 80.2 cm³/mol. The third-order valence-corrected chi connectivity index (χ3v) is 3.50. The van der Waals surface area contributed by atoms with Crippen LogP contribution in [0.25, 0.3) is 11.0 Å². The van der Waals surface area contributed by atoms with E-state index in [9.17, 15) is 0 Å². The van der Waals surface area contributed by atoms with Crippen LogP contribution in [0.15, 0.2) is 24.3 Å². The molecule has 0 unspecified atom stereocenters. The number of nitrogens with one attached hydrogen (secondary N) is 2. The molecular weight excluding hydrogens is 252 g/mol. The van der Waals surface area contributed by atoms with E-state index in [0.717, 1.165) is 29.9 Å². The number of aromatic nitrogens is 2. The number of para-hydroxylation sites is 2. The van der Waals surface area contributed by atoms with Crippen molar-refractivity contribution in [3.8, 4) is 5.88 Å². The highest BCUT2D eigenvalue weighted by Gasteiger charge is 2.16. The van der Waals surface area contributed by atoms with Gasteiger partial charge in [-0.15, -0.1) is 0 Å². The topological polar surface area (TPSA) is 59.1 Å². The SMILES string of the molecule is CCOc1nc2ccccc2nc1NC[C@@H]1CCCN1. The first-order valence-electron chi connectivity index (χ1n) is 7.23. The van der Waals surface area contributed by atoms with Gasteiger partial charge in [-0.1, -0.05) is 12.1 Å². The molecule has 20 heavy (non-hydrogen) atoms. The second kappa shape index (κ2) is 6.05. The summed E-state index contributed by atoms with van der Waals surface area (Å²) >= 11 is 0. The Kier molecular flexibility index (Phi) is 3.97. The summed E-state index contributed by atoms with van der Waals surface area (Å²) in [6.07, 6.45) is 2.45. The van der Waals surface area contributed by atoms with Crippen molar-refractivity contribution in [2.24, 2.45) is 0 Å². The van der Waals surface area contributed by atoms with Gasteiger partial charge in [0.25, 0.3) is 5.88 Å². The van der Waals surface area contributed by atoms with E-state index >= 15 is 0 Å². The molecule has 1 atom stereocenters. The fourth-order valence-electron chi connectivity index (χ4n) is 2.49. The molecule has 0 spiro atoms. The molecule has 0 aliphatic carbocycles. The summed E-state index contributed by atoms with van der Waals surface area (Å²) in [5.41, 5.74) is 1.75. The molecule has 106 valence electrons. The normalized spacial score (nSPS) is 18.4. The lowest BCUT2D eigenvalue weighted by molar-refractivity contribution is 0.328. The van der Waals surface area contributed by atoms with Gasteiger partial charge in [0, 0.05) is 12.6 Å². The van der Waals surface area contributed by atoms with Crippen LogP contribution in [0.2, 0.25) is 0 Å². The number of fused-ring (bicyclic) bond motifs is 1. The standard InChI is InChI=1S/C15H20N4O/c1-2-20-15-14(17-10-11-6-5-9-16-11)18-12-7-3-4-8-13(12)19-15/h3-4,7-8,11,16H,2,5-6,9-10H2,1H3,(H,17,18)/t11-/m0/s1. The van der Waals surface area contributed by atoms with Crippen LogP contribution in [-0.4, -0.2) is 35.7 Å². The van der Waals surface area contributed by atoms with Crippen LogP contribution in [0.4, 0.5) is 5.82 Å². The molecule has 0 amide bonds. The smallest absolute Gasteiger partial charge is 0.258 e. The Morgan fingerprint density at radius 2 is 2.10 bits per heavy atom. The third-order valence-electron chi connectivity index (χ3n) is 3.50. The Labute approximate surface area is 118 Å². The third kappa shape index (κ3) is 2.82. The van der Waals surface area contributed by atoms with Crippen molar-refractivity contribution in [2.45, 2.75) is 25.8 Å². The quantitative estimate of drug-likeness (QED) is 0.873. The highest BCUT2D eigenvalue weighted by atomic mass is 16.5. The van der Waals surface area contributed by atoms with Crippen LogP contribution >= 0.6 is 0 Å². The Balaban J connectivity index is 1.84. The molecule has 1 saturated heterocycles. The molecule has 1 aromatic heterocycles. The molecule has 1 aromatic carbocycles. The Bertz CT molecular complexity index is 581. The zero-order chi connectivity index (χ0) is 13.8. The molecule has 1 fully saturated rings. The first kappa shape index (κ1) is 13.1. The number of anilines is 1. The van der Waals surface area contributed by atoms with Crippen molar-refractivity contribution < 1.29 is 4.74 Å². The number of ether oxygens (including phenoxy) is 1. The molecule has 1 aliphatic heterocycles. The second-order valence-electron chi connectivity index (χ2n) is 4.97.